The standard InChI is InChI=1S/C26H36N2O7S/c1-19(2)16-28(36(32,33)23-11-9-21(29)10-12-23)17-25(30)24(15-20-7-5-4-6-8-20)27(3)26(31)35-22-13-14-34-18-22/h4-12,19,22,24-25,29-30H,13-18H2,1-3H3/t22-,24-,25+/m0/s1. The minimum atomic E-state index is -3.97. The van der Waals surface area contributed by atoms with Crippen LogP contribution in [0.3, 0.4) is 0 Å². The first-order valence-electron chi connectivity index (χ1n) is 12.1. The largest absolute Gasteiger partial charge is 0.508 e. The number of carbonyl (C=O) groups excluding carboxylic acids is 1. The first kappa shape index (κ1) is 27.9. The normalized spacial score (nSPS) is 17.8. The molecule has 2 aromatic rings. The summed E-state index contributed by atoms with van der Waals surface area (Å²) in [4.78, 5) is 14.3. The molecule has 9 nitrogen and oxygen atoms in total. The Balaban J connectivity index is 1.85. The van der Waals surface area contributed by atoms with Crippen molar-refractivity contribution in [1.29, 1.82) is 0 Å². The van der Waals surface area contributed by atoms with Gasteiger partial charge in [0.15, 0.2) is 0 Å². The van der Waals surface area contributed by atoms with E-state index in [2.05, 4.69) is 0 Å². The highest BCUT2D eigenvalue weighted by atomic mass is 32.2. The van der Waals surface area contributed by atoms with E-state index in [9.17, 15) is 23.4 Å². The first-order valence-corrected chi connectivity index (χ1v) is 13.5. The minimum absolute atomic E-state index is 0.0123. The van der Waals surface area contributed by atoms with Gasteiger partial charge in [-0.05, 0) is 42.2 Å². The van der Waals surface area contributed by atoms with Crippen LogP contribution in [0.5, 0.6) is 5.75 Å². The Bertz CT molecular complexity index is 1070. The number of nitrogens with zero attached hydrogens (tertiary/aromatic N) is 2. The van der Waals surface area contributed by atoms with Crippen molar-refractivity contribution in [2.75, 3.05) is 33.4 Å². The molecule has 0 spiro atoms. The summed E-state index contributed by atoms with van der Waals surface area (Å²) in [5, 5.41) is 20.9. The highest BCUT2D eigenvalue weighted by Crippen LogP contribution is 2.22. The van der Waals surface area contributed by atoms with Crippen LogP contribution < -0.4 is 0 Å². The molecular formula is C26H36N2O7S. The molecule has 0 unspecified atom stereocenters. The van der Waals surface area contributed by atoms with E-state index in [1.807, 2.05) is 44.2 Å². The zero-order chi connectivity index (χ0) is 26.3. The van der Waals surface area contributed by atoms with Gasteiger partial charge in [-0.25, -0.2) is 13.2 Å². The number of rotatable bonds is 11. The zero-order valence-electron chi connectivity index (χ0n) is 21.0. The van der Waals surface area contributed by atoms with Gasteiger partial charge < -0.3 is 24.6 Å². The van der Waals surface area contributed by atoms with Gasteiger partial charge >= 0.3 is 6.09 Å². The van der Waals surface area contributed by atoms with E-state index in [1.165, 1.54) is 33.5 Å². The molecule has 1 fully saturated rings. The van der Waals surface area contributed by atoms with Crippen LogP contribution in [0, 0.1) is 5.92 Å². The lowest BCUT2D eigenvalue weighted by molar-refractivity contribution is 0.0176. The number of phenolic OH excluding ortho intramolecular Hbond substituents is 1. The van der Waals surface area contributed by atoms with Gasteiger partial charge in [-0.2, -0.15) is 4.31 Å². The maximum absolute atomic E-state index is 13.4. The summed E-state index contributed by atoms with van der Waals surface area (Å²) in [5.74, 6) is -0.0538. The van der Waals surface area contributed by atoms with Gasteiger partial charge in [-0.1, -0.05) is 44.2 Å². The average Bonchev–Trinajstić information content (AvgIpc) is 3.35. The Labute approximate surface area is 213 Å². The van der Waals surface area contributed by atoms with E-state index in [0.717, 1.165) is 5.56 Å². The molecule has 0 saturated carbocycles. The number of likely N-dealkylation sites (N-methyl/N-ethyl adjacent to an activating group) is 1. The third-order valence-electron chi connectivity index (χ3n) is 6.11. The molecule has 3 atom stereocenters. The van der Waals surface area contributed by atoms with Crippen molar-refractivity contribution >= 4 is 16.1 Å². The Hall–Kier alpha value is -2.66. The molecular weight excluding hydrogens is 484 g/mol. The van der Waals surface area contributed by atoms with Gasteiger partial charge in [-0.3, -0.25) is 0 Å². The predicted molar refractivity (Wildman–Crippen MR) is 135 cm³/mol. The number of benzene rings is 2. The SMILES string of the molecule is CC(C)CN(C[C@@H](O)[C@H](Cc1ccccc1)N(C)C(=O)O[C@H]1CCOC1)S(=O)(=O)c1ccc(O)cc1. The lowest BCUT2D eigenvalue weighted by atomic mass is 10.00. The Morgan fingerprint density at radius 1 is 1.11 bits per heavy atom. The number of carbonyl (C=O) groups is 1. The van der Waals surface area contributed by atoms with Crippen molar-refractivity contribution < 1.29 is 32.9 Å². The monoisotopic (exact) mass is 520 g/mol. The number of phenols is 1. The zero-order valence-corrected chi connectivity index (χ0v) is 21.8. The molecule has 36 heavy (non-hydrogen) atoms. The summed E-state index contributed by atoms with van der Waals surface area (Å²) in [7, 11) is -2.42. The van der Waals surface area contributed by atoms with Crippen LogP contribution in [0.2, 0.25) is 0 Å². The second-order valence-electron chi connectivity index (χ2n) is 9.51. The number of aliphatic hydroxyl groups excluding tert-OH is 1. The summed E-state index contributed by atoms with van der Waals surface area (Å²) in [6.07, 6.45) is -1.22. The van der Waals surface area contributed by atoms with Crippen molar-refractivity contribution in [2.45, 2.75) is 49.8 Å². The van der Waals surface area contributed by atoms with Crippen LogP contribution in [0.4, 0.5) is 4.79 Å². The van der Waals surface area contributed by atoms with E-state index in [0.29, 0.717) is 26.1 Å². The van der Waals surface area contributed by atoms with Gasteiger partial charge in [0.1, 0.15) is 11.9 Å². The molecule has 2 N–H and O–H groups in total. The van der Waals surface area contributed by atoms with E-state index in [4.69, 9.17) is 9.47 Å². The second kappa shape index (κ2) is 12.5. The van der Waals surface area contributed by atoms with E-state index in [-0.39, 0.29) is 35.8 Å². The summed E-state index contributed by atoms with van der Waals surface area (Å²) in [5.41, 5.74) is 0.891. The van der Waals surface area contributed by atoms with Crippen LogP contribution in [0.25, 0.3) is 0 Å². The molecule has 1 saturated heterocycles. The van der Waals surface area contributed by atoms with E-state index >= 15 is 0 Å². The van der Waals surface area contributed by atoms with Crippen molar-refractivity contribution in [1.82, 2.24) is 9.21 Å². The number of ether oxygens (including phenoxy) is 2. The molecule has 1 aliphatic heterocycles. The lowest BCUT2D eigenvalue weighted by Gasteiger charge is -2.35. The van der Waals surface area contributed by atoms with Crippen LogP contribution in [0.15, 0.2) is 59.5 Å². The highest BCUT2D eigenvalue weighted by molar-refractivity contribution is 7.89. The van der Waals surface area contributed by atoms with Gasteiger partial charge in [-0.15, -0.1) is 0 Å². The predicted octanol–water partition coefficient (Wildman–Crippen LogP) is 2.87. The summed E-state index contributed by atoms with van der Waals surface area (Å²) >= 11 is 0. The van der Waals surface area contributed by atoms with Crippen molar-refractivity contribution in [3.8, 4) is 5.75 Å². The third-order valence-corrected chi connectivity index (χ3v) is 7.95. The van der Waals surface area contributed by atoms with Gasteiger partial charge in [0.2, 0.25) is 10.0 Å². The number of hydrogen-bond acceptors (Lipinski definition) is 7. The number of hydrogen-bond donors (Lipinski definition) is 2. The summed E-state index contributed by atoms with van der Waals surface area (Å²) in [6, 6.07) is 13.9. The number of aliphatic hydroxyl groups is 1. The first-order chi connectivity index (χ1) is 17.1. The molecule has 198 valence electrons. The van der Waals surface area contributed by atoms with Crippen molar-refractivity contribution in [3.63, 3.8) is 0 Å². The van der Waals surface area contributed by atoms with Crippen LogP contribution in [-0.4, -0.2) is 85.5 Å². The lowest BCUT2D eigenvalue weighted by Crippen LogP contribution is -2.52. The van der Waals surface area contributed by atoms with Gasteiger partial charge in [0.05, 0.1) is 30.3 Å². The van der Waals surface area contributed by atoms with E-state index < -0.39 is 28.3 Å². The number of amides is 1. The molecule has 1 amide bonds. The fraction of sp³-hybridized carbons (Fsp3) is 0.500. The average molecular weight is 521 g/mol. The van der Waals surface area contributed by atoms with Gasteiger partial charge in [0.25, 0.3) is 0 Å². The minimum Gasteiger partial charge on any atom is -0.508 e. The smallest absolute Gasteiger partial charge is 0.410 e. The molecule has 0 aromatic heterocycles. The molecule has 3 rings (SSSR count). The summed E-state index contributed by atoms with van der Waals surface area (Å²) in [6.45, 7) is 4.59. The Kier molecular flexibility index (Phi) is 9.72. The molecule has 1 heterocycles. The second-order valence-corrected chi connectivity index (χ2v) is 11.5. The quantitative estimate of drug-likeness (QED) is 0.468. The fourth-order valence-corrected chi connectivity index (χ4v) is 5.75. The maximum atomic E-state index is 13.4. The topological polar surface area (TPSA) is 117 Å². The molecule has 0 bridgehead atoms. The summed E-state index contributed by atoms with van der Waals surface area (Å²) < 4.78 is 39.0. The number of aromatic hydroxyl groups is 1. The highest BCUT2D eigenvalue weighted by Gasteiger charge is 2.35. The van der Waals surface area contributed by atoms with Crippen LogP contribution >= 0.6 is 0 Å². The number of sulfonamides is 1. The molecule has 0 aliphatic carbocycles. The van der Waals surface area contributed by atoms with Crippen molar-refractivity contribution in [2.24, 2.45) is 5.92 Å². The fourth-order valence-electron chi connectivity index (χ4n) is 4.13. The molecule has 10 heteroatoms. The molecule has 2 aromatic carbocycles. The van der Waals surface area contributed by atoms with Crippen LogP contribution in [-0.2, 0) is 25.9 Å². The van der Waals surface area contributed by atoms with Gasteiger partial charge in [0, 0.05) is 26.6 Å². The van der Waals surface area contributed by atoms with Crippen LogP contribution in [0.1, 0.15) is 25.8 Å². The van der Waals surface area contributed by atoms with Crippen molar-refractivity contribution in [3.05, 3.63) is 60.2 Å². The molecule has 0 radical (unpaired) electrons. The maximum Gasteiger partial charge on any atom is 0.410 e. The van der Waals surface area contributed by atoms with E-state index in [1.54, 1.807) is 7.05 Å². The Morgan fingerprint density at radius 2 is 1.78 bits per heavy atom. The molecule has 1 aliphatic rings. The Morgan fingerprint density at radius 3 is 2.36 bits per heavy atom. The third kappa shape index (κ3) is 7.42.